The van der Waals surface area contributed by atoms with Crippen LogP contribution in [0.4, 0.5) is 5.95 Å². The van der Waals surface area contributed by atoms with Crippen LogP contribution < -0.4 is 10.6 Å². The van der Waals surface area contributed by atoms with E-state index in [-0.39, 0.29) is 11.8 Å². The monoisotopic (exact) mass is 258 g/mol. The van der Waals surface area contributed by atoms with Crippen molar-refractivity contribution in [2.75, 3.05) is 5.32 Å². The number of H-pyrrole nitrogens is 1. The van der Waals surface area contributed by atoms with Crippen LogP contribution in [0, 0.1) is 0 Å². The van der Waals surface area contributed by atoms with Crippen molar-refractivity contribution >= 4 is 17.8 Å². The SMILES string of the molecule is CC(=O)NCc1ccc(C(=O)Nc2ncc[nH]2)cc1. The number of nitrogens with one attached hydrogen (secondary N) is 3. The van der Waals surface area contributed by atoms with Gasteiger partial charge in [-0.1, -0.05) is 12.1 Å². The standard InChI is InChI=1S/C13H14N4O2/c1-9(18)16-8-10-2-4-11(5-3-10)12(19)17-13-14-6-7-15-13/h2-7H,8H2,1H3,(H,16,18)(H2,14,15,17,19). The number of benzene rings is 1. The van der Waals surface area contributed by atoms with Gasteiger partial charge in [-0.2, -0.15) is 0 Å². The van der Waals surface area contributed by atoms with Crippen LogP contribution >= 0.6 is 0 Å². The summed E-state index contributed by atoms with van der Waals surface area (Å²) in [5, 5.41) is 5.32. The van der Waals surface area contributed by atoms with Gasteiger partial charge in [0.1, 0.15) is 0 Å². The molecule has 2 amide bonds. The number of carbonyl (C=O) groups excluding carboxylic acids is 2. The summed E-state index contributed by atoms with van der Waals surface area (Å²) in [5.41, 5.74) is 1.47. The van der Waals surface area contributed by atoms with Crippen LogP contribution in [0.15, 0.2) is 36.7 Å². The summed E-state index contributed by atoms with van der Waals surface area (Å²) in [6.45, 7) is 1.92. The molecule has 0 spiro atoms. The summed E-state index contributed by atoms with van der Waals surface area (Å²) in [6, 6.07) is 7.00. The van der Waals surface area contributed by atoms with Gasteiger partial charge < -0.3 is 10.3 Å². The molecule has 2 rings (SSSR count). The number of aromatic nitrogens is 2. The van der Waals surface area contributed by atoms with Crippen LogP contribution in [0.2, 0.25) is 0 Å². The predicted molar refractivity (Wildman–Crippen MR) is 70.5 cm³/mol. The predicted octanol–water partition coefficient (Wildman–Crippen LogP) is 1.30. The highest BCUT2D eigenvalue weighted by Crippen LogP contribution is 2.06. The van der Waals surface area contributed by atoms with E-state index in [1.807, 2.05) is 0 Å². The van der Waals surface area contributed by atoms with Crippen LogP contribution in [0.25, 0.3) is 0 Å². The number of carbonyl (C=O) groups is 2. The Morgan fingerprint density at radius 2 is 2.00 bits per heavy atom. The first kappa shape index (κ1) is 12.8. The molecule has 2 aromatic rings. The quantitative estimate of drug-likeness (QED) is 0.772. The minimum atomic E-state index is -0.235. The fourth-order valence-corrected chi connectivity index (χ4v) is 1.51. The smallest absolute Gasteiger partial charge is 0.257 e. The number of aromatic amines is 1. The highest BCUT2D eigenvalue weighted by atomic mass is 16.2. The second-order valence-electron chi connectivity index (χ2n) is 4.00. The molecule has 0 bridgehead atoms. The summed E-state index contributed by atoms with van der Waals surface area (Å²) in [4.78, 5) is 29.3. The largest absolute Gasteiger partial charge is 0.352 e. The van der Waals surface area contributed by atoms with Crippen molar-refractivity contribution in [3.8, 4) is 0 Å². The van der Waals surface area contributed by atoms with E-state index in [4.69, 9.17) is 0 Å². The van der Waals surface area contributed by atoms with Crippen LogP contribution in [0.3, 0.4) is 0 Å². The zero-order valence-electron chi connectivity index (χ0n) is 10.4. The first-order valence-corrected chi connectivity index (χ1v) is 5.79. The van der Waals surface area contributed by atoms with E-state index in [0.717, 1.165) is 5.56 Å². The van der Waals surface area contributed by atoms with Crippen molar-refractivity contribution in [1.82, 2.24) is 15.3 Å². The number of rotatable bonds is 4. The molecule has 0 radical (unpaired) electrons. The maximum absolute atomic E-state index is 11.8. The molecule has 6 heteroatoms. The molecule has 0 aliphatic rings. The average Bonchev–Trinajstić information content (AvgIpc) is 2.89. The summed E-state index contributed by atoms with van der Waals surface area (Å²) in [7, 11) is 0. The molecule has 0 fully saturated rings. The highest BCUT2D eigenvalue weighted by molar-refractivity contribution is 6.03. The summed E-state index contributed by atoms with van der Waals surface area (Å²) in [5.74, 6) is 0.0907. The van der Waals surface area contributed by atoms with Gasteiger partial charge in [0.25, 0.3) is 5.91 Å². The van der Waals surface area contributed by atoms with Crippen molar-refractivity contribution in [1.29, 1.82) is 0 Å². The number of nitrogens with zero attached hydrogens (tertiary/aromatic N) is 1. The number of hydrogen-bond acceptors (Lipinski definition) is 3. The van der Waals surface area contributed by atoms with Crippen LogP contribution in [0.1, 0.15) is 22.8 Å². The molecule has 0 aliphatic carbocycles. The Labute approximate surface area is 110 Å². The fraction of sp³-hybridized carbons (Fsp3) is 0.154. The van der Waals surface area contributed by atoms with Gasteiger partial charge in [0.05, 0.1) is 0 Å². The Kier molecular flexibility index (Phi) is 3.92. The fourth-order valence-electron chi connectivity index (χ4n) is 1.51. The van der Waals surface area contributed by atoms with Gasteiger partial charge in [-0.05, 0) is 17.7 Å². The summed E-state index contributed by atoms with van der Waals surface area (Å²) < 4.78 is 0. The average molecular weight is 258 g/mol. The first-order chi connectivity index (χ1) is 9.15. The third kappa shape index (κ3) is 3.67. The summed E-state index contributed by atoms with van der Waals surface area (Å²) in [6.07, 6.45) is 3.19. The summed E-state index contributed by atoms with van der Waals surface area (Å²) >= 11 is 0. The van der Waals surface area contributed by atoms with Crippen LogP contribution in [-0.4, -0.2) is 21.8 Å². The Hall–Kier alpha value is -2.63. The number of hydrogen-bond donors (Lipinski definition) is 3. The highest BCUT2D eigenvalue weighted by Gasteiger charge is 2.06. The number of amides is 2. The molecule has 1 aromatic carbocycles. The minimum absolute atomic E-state index is 0.0837. The van der Waals surface area contributed by atoms with E-state index >= 15 is 0 Å². The van der Waals surface area contributed by atoms with E-state index in [9.17, 15) is 9.59 Å². The maximum Gasteiger partial charge on any atom is 0.257 e. The topological polar surface area (TPSA) is 86.9 Å². The first-order valence-electron chi connectivity index (χ1n) is 5.79. The third-order valence-corrected chi connectivity index (χ3v) is 2.49. The molecule has 6 nitrogen and oxygen atoms in total. The van der Waals surface area contributed by atoms with E-state index in [1.165, 1.54) is 6.92 Å². The molecular weight excluding hydrogens is 244 g/mol. The molecule has 1 heterocycles. The zero-order valence-corrected chi connectivity index (χ0v) is 10.4. The molecule has 0 saturated carbocycles. The van der Waals surface area contributed by atoms with Gasteiger partial charge in [0.15, 0.2) is 0 Å². The van der Waals surface area contributed by atoms with E-state index < -0.39 is 0 Å². The van der Waals surface area contributed by atoms with E-state index in [1.54, 1.807) is 36.7 Å². The zero-order chi connectivity index (χ0) is 13.7. The van der Waals surface area contributed by atoms with E-state index in [2.05, 4.69) is 20.6 Å². The van der Waals surface area contributed by atoms with Gasteiger partial charge >= 0.3 is 0 Å². The Balaban J connectivity index is 1.97. The molecule has 0 aliphatic heterocycles. The lowest BCUT2D eigenvalue weighted by Crippen LogP contribution is -2.19. The molecular formula is C13H14N4O2. The van der Waals surface area contributed by atoms with Gasteiger partial charge in [0.2, 0.25) is 11.9 Å². The molecule has 0 unspecified atom stereocenters. The molecule has 19 heavy (non-hydrogen) atoms. The molecule has 1 aromatic heterocycles. The number of imidazole rings is 1. The van der Waals surface area contributed by atoms with Crippen LogP contribution in [0.5, 0.6) is 0 Å². The van der Waals surface area contributed by atoms with Crippen molar-refractivity contribution in [2.24, 2.45) is 0 Å². The van der Waals surface area contributed by atoms with Gasteiger partial charge in [-0.15, -0.1) is 0 Å². The lowest BCUT2D eigenvalue weighted by molar-refractivity contribution is -0.119. The maximum atomic E-state index is 11.8. The number of anilines is 1. The molecule has 98 valence electrons. The second kappa shape index (κ2) is 5.81. The van der Waals surface area contributed by atoms with Gasteiger partial charge in [0, 0.05) is 31.4 Å². The van der Waals surface area contributed by atoms with Crippen molar-refractivity contribution in [3.05, 3.63) is 47.8 Å². The molecule has 0 saturated heterocycles. The molecule has 0 atom stereocenters. The lowest BCUT2D eigenvalue weighted by Gasteiger charge is -2.05. The van der Waals surface area contributed by atoms with Crippen molar-refractivity contribution < 1.29 is 9.59 Å². The molecule has 3 N–H and O–H groups in total. The normalized spacial score (nSPS) is 9.95. The van der Waals surface area contributed by atoms with Crippen LogP contribution in [-0.2, 0) is 11.3 Å². The van der Waals surface area contributed by atoms with Crippen molar-refractivity contribution in [3.63, 3.8) is 0 Å². The Morgan fingerprint density at radius 1 is 1.26 bits per heavy atom. The third-order valence-electron chi connectivity index (χ3n) is 2.49. The van der Waals surface area contributed by atoms with Crippen molar-refractivity contribution in [2.45, 2.75) is 13.5 Å². The minimum Gasteiger partial charge on any atom is -0.352 e. The Bertz CT molecular complexity index is 561. The van der Waals surface area contributed by atoms with Gasteiger partial charge in [-0.3, -0.25) is 14.9 Å². The lowest BCUT2D eigenvalue weighted by atomic mass is 10.1. The Morgan fingerprint density at radius 3 is 2.58 bits per heavy atom. The van der Waals surface area contributed by atoms with Gasteiger partial charge in [-0.25, -0.2) is 4.98 Å². The second-order valence-corrected chi connectivity index (χ2v) is 4.00. The van der Waals surface area contributed by atoms with E-state index in [0.29, 0.717) is 18.1 Å².